The van der Waals surface area contributed by atoms with Crippen molar-refractivity contribution in [2.24, 2.45) is 12.8 Å². The molecule has 0 aliphatic heterocycles. The Kier molecular flexibility index (Phi) is 5.00. The second-order valence-corrected chi connectivity index (χ2v) is 6.24. The van der Waals surface area contributed by atoms with Crippen LogP contribution >= 0.6 is 11.8 Å². The van der Waals surface area contributed by atoms with Crippen molar-refractivity contribution in [3.8, 4) is 0 Å². The SMILES string of the molecule is CC(C)c1nc(CCN)n(C)c1Sc1cc(F)cc(F)c1. The zero-order chi connectivity index (χ0) is 15.6. The second-order valence-electron chi connectivity index (χ2n) is 5.18. The molecule has 2 N–H and O–H groups in total. The molecule has 0 radical (unpaired) electrons. The van der Waals surface area contributed by atoms with Crippen LogP contribution in [0.1, 0.15) is 31.3 Å². The van der Waals surface area contributed by atoms with Crippen molar-refractivity contribution < 1.29 is 8.78 Å². The molecule has 0 amide bonds. The van der Waals surface area contributed by atoms with Crippen LogP contribution in [0, 0.1) is 11.6 Å². The van der Waals surface area contributed by atoms with E-state index in [-0.39, 0.29) is 5.92 Å². The number of benzene rings is 1. The molecule has 1 aromatic carbocycles. The zero-order valence-electron chi connectivity index (χ0n) is 12.4. The number of nitrogens with two attached hydrogens (primary N) is 1. The summed E-state index contributed by atoms with van der Waals surface area (Å²) in [6.07, 6.45) is 0.675. The van der Waals surface area contributed by atoms with Crippen LogP contribution in [0.25, 0.3) is 0 Å². The van der Waals surface area contributed by atoms with Gasteiger partial charge in [0.25, 0.3) is 0 Å². The molecule has 0 aliphatic rings. The van der Waals surface area contributed by atoms with Gasteiger partial charge in [-0.2, -0.15) is 0 Å². The molecule has 21 heavy (non-hydrogen) atoms. The van der Waals surface area contributed by atoms with Gasteiger partial charge in [0.15, 0.2) is 0 Å². The highest BCUT2D eigenvalue weighted by Gasteiger charge is 2.18. The molecule has 0 atom stereocenters. The molecule has 2 rings (SSSR count). The van der Waals surface area contributed by atoms with E-state index in [2.05, 4.69) is 4.98 Å². The highest BCUT2D eigenvalue weighted by Crippen LogP contribution is 2.34. The molecule has 0 unspecified atom stereocenters. The Balaban J connectivity index is 2.42. The predicted octanol–water partition coefficient (Wildman–Crippen LogP) is 3.47. The van der Waals surface area contributed by atoms with Crippen LogP contribution in [0.3, 0.4) is 0 Å². The second kappa shape index (κ2) is 6.58. The average Bonchev–Trinajstić information content (AvgIpc) is 2.67. The van der Waals surface area contributed by atoms with E-state index in [0.29, 0.717) is 17.9 Å². The van der Waals surface area contributed by atoms with Crippen LogP contribution in [0.2, 0.25) is 0 Å². The summed E-state index contributed by atoms with van der Waals surface area (Å²) < 4.78 is 28.6. The van der Waals surface area contributed by atoms with Crippen molar-refractivity contribution >= 4 is 11.8 Å². The minimum atomic E-state index is -0.576. The van der Waals surface area contributed by atoms with Crippen LogP contribution in [0.4, 0.5) is 8.78 Å². The number of nitrogens with zero attached hydrogens (tertiary/aromatic N) is 2. The van der Waals surface area contributed by atoms with Crippen molar-refractivity contribution in [3.05, 3.63) is 41.4 Å². The summed E-state index contributed by atoms with van der Waals surface area (Å²) in [6.45, 7) is 4.61. The summed E-state index contributed by atoms with van der Waals surface area (Å²) in [6, 6.07) is 3.53. The molecule has 6 heteroatoms. The Labute approximate surface area is 127 Å². The third kappa shape index (κ3) is 3.63. The minimum absolute atomic E-state index is 0.226. The molecule has 114 valence electrons. The normalized spacial score (nSPS) is 11.4. The molecule has 1 heterocycles. The molecule has 2 aromatic rings. The first-order valence-corrected chi connectivity index (χ1v) is 7.63. The van der Waals surface area contributed by atoms with Crippen molar-refractivity contribution in [1.29, 1.82) is 0 Å². The van der Waals surface area contributed by atoms with E-state index < -0.39 is 11.6 Å². The summed E-state index contributed by atoms with van der Waals surface area (Å²) in [5, 5.41) is 0.901. The van der Waals surface area contributed by atoms with Gasteiger partial charge in [0.05, 0.1) is 5.69 Å². The predicted molar refractivity (Wildman–Crippen MR) is 80.5 cm³/mol. The van der Waals surface area contributed by atoms with Crippen LogP contribution in [-0.2, 0) is 13.5 Å². The quantitative estimate of drug-likeness (QED) is 0.919. The van der Waals surface area contributed by atoms with Gasteiger partial charge in [-0.15, -0.1) is 0 Å². The fourth-order valence-corrected chi connectivity index (χ4v) is 3.29. The fraction of sp³-hybridized carbons (Fsp3) is 0.400. The third-order valence-corrected chi connectivity index (χ3v) is 4.27. The average molecular weight is 311 g/mol. The standard InChI is InChI=1S/C15H19F2N3S/c1-9(2)14-15(20(3)13(19-14)4-5-18)21-12-7-10(16)6-11(17)8-12/h6-9H,4-5,18H2,1-3H3. The Morgan fingerprint density at radius 2 is 1.86 bits per heavy atom. The van der Waals surface area contributed by atoms with Gasteiger partial charge < -0.3 is 10.3 Å². The maximum absolute atomic E-state index is 13.3. The van der Waals surface area contributed by atoms with Crippen molar-refractivity contribution in [3.63, 3.8) is 0 Å². The molecule has 0 aliphatic carbocycles. The number of imidazole rings is 1. The minimum Gasteiger partial charge on any atom is -0.330 e. The van der Waals surface area contributed by atoms with E-state index in [9.17, 15) is 8.78 Å². The van der Waals surface area contributed by atoms with Crippen LogP contribution in [0.5, 0.6) is 0 Å². The number of hydrogen-bond acceptors (Lipinski definition) is 3. The summed E-state index contributed by atoms with van der Waals surface area (Å²) in [7, 11) is 1.90. The maximum atomic E-state index is 13.3. The number of halogens is 2. The summed E-state index contributed by atoms with van der Waals surface area (Å²) in [4.78, 5) is 5.14. The van der Waals surface area contributed by atoms with Crippen molar-refractivity contribution in [2.75, 3.05) is 6.54 Å². The first-order valence-electron chi connectivity index (χ1n) is 6.82. The summed E-state index contributed by atoms with van der Waals surface area (Å²) in [5.41, 5.74) is 6.52. The summed E-state index contributed by atoms with van der Waals surface area (Å²) in [5.74, 6) is -0.0369. The van der Waals surface area contributed by atoms with Gasteiger partial charge in [-0.05, 0) is 24.6 Å². The fourth-order valence-electron chi connectivity index (χ4n) is 2.10. The molecule has 0 fully saturated rings. The molecule has 0 saturated carbocycles. The first kappa shape index (κ1) is 16.0. The van der Waals surface area contributed by atoms with E-state index in [4.69, 9.17) is 5.73 Å². The van der Waals surface area contributed by atoms with Gasteiger partial charge in [-0.25, -0.2) is 13.8 Å². The topological polar surface area (TPSA) is 43.8 Å². The Morgan fingerprint density at radius 3 is 2.38 bits per heavy atom. The van der Waals surface area contributed by atoms with Crippen LogP contribution in [-0.4, -0.2) is 16.1 Å². The van der Waals surface area contributed by atoms with Gasteiger partial charge in [-0.1, -0.05) is 25.6 Å². The molecule has 3 nitrogen and oxygen atoms in total. The highest BCUT2D eigenvalue weighted by molar-refractivity contribution is 7.99. The van der Waals surface area contributed by atoms with Gasteiger partial charge in [-0.3, -0.25) is 0 Å². The first-order chi connectivity index (χ1) is 9.92. The van der Waals surface area contributed by atoms with Crippen LogP contribution in [0.15, 0.2) is 28.1 Å². The van der Waals surface area contributed by atoms with Gasteiger partial charge in [0.1, 0.15) is 22.5 Å². The molecule has 0 saturated heterocycles. The smallest absolute Gasteiger partial charge is 0.127 e. The summed E-state index contributed by atoms with van der Waals surface area (Å²) >= 11 is 1.32. The monoisotopic (exact) mass is 311 g/mol. The van der Waals surface area contributed by atoms with Gasteiger partial charge in [0.2, 0.25) is 0 Å². The van der Waals surface area contributed by atoms with E-state index in [0.717, 1.165) is 22.6 Å². The number of hydrogen-bond donors (Lipinski definition) is 1. The molecule has 0 spiro atoms. The number of aromatic nitrogens is 2. The largest absolute Gasteiger partial charge is 0.330 e. The van der Waals surface area contributed by atoms with Crippen molar-refractivity contribution in [1.82, 2.24) is 9.55 Å². The maximum Gasteiger partial charge on any atom is 0.127 e. The van der Waals surface area contributed by atoms with Crippen molar-refractivity contribution in [2.45, 2.75) is 36.1 Å². The third-order valence-electron chi connectivity index (χ3n) is 3.13. The van der Waals surface area contributed by atoms with E-state index in [1.54, 1.807) is 0 Å². The Hall–Kier alpha value is -1.40. The van der Waals surface area contributed by atoms with Gasteiger partial charge in [0, 0.05) is 24.4 Å². The molecule has 1 aromatic heterocycles. The van der Waals surface area contributed by atoms with E-state index >= 15 is 0 Å². The molecular formula is C15H19F2N3S. The molecular weight excluding hydrogens is 292 g/mol. The van der Waals surface area contributed by atoms with E-state index in [1.165, 1.54) is 23.9 Å². The Bertz CT molecular complexity index is 618. The lowest BCUT2D eigenvalue weighted by Gasteiger charge is -2.09. The van der Waals surface area contributed by atoms with Crippen LogP contribution < -0.4 is 5.73 Å². The lowest BCUT2D eigenvalue weighted by atomic mass is 10.1. The number of rotatable bonds is 5. The molecule has 0 bridgehead atoms. The van der Waals surface area contributed by atoms with Gasteiger partial charge >= 0.3 is 0 Å². The lowest BCUT2D eigenvalue weighted by molar-refractivity contribution is 0.577. The van der Waals surface area contributed by atoms with E-state index in [1.807, 2.05) is 25.5 Å². The Morgan fingerprint density at radius 1 is 1.24 bits per heavy atom. The lowest BCUT2D eigenvalue weighted by Crippen LogP contribution is -2.08. The zero-order valence-corrected chi connectivity index (χ0v) is 13.2. The highest BCUT2D eigenvalue weighted by atomic mass is 32.2.